The number of hydrogen-bond donors (Lipinski definition) is 0. The minimum Gasteiger partial charge on any atom is -0.484 e. The zero-order chi connectivity index (χ0) is 16.7. The number of nitrogens with zero attached hydrogens (tertiary/aromatic N) is 1. The normalized spacial score (nSPS) is 10.0. The number of likely N-dealkylation sites (N-methyl/N-ethyl adjacent to an activating group) is 1. The van der Waals surface area contributed by atoms with E-state index < -0.39 is 0 Å². The molecular formula is C18H19NO4. The monoisotopic (exact) mass is 313 g/mol. The predicted octanol–water partition coefficient (Wildman–Crippen LogP) is 2.44. The summed E-state index contributed by atoms with van der Waals surface area (Å²) in [6.45, 7) is -0.0538. The number of ether oxygens (including phenoxy) is 2. The number of carbonyl (C=O) groups is 2. The highest BCUT2D eigenvalue weighted by atomic mass is 16.5. The lowest BCUT2D eigenvalue weighted by Crippen LogP contribution is -2.31. The number of rotatable bonds is 6. The predicted molar refractivity (Wildman–Crippen MR) is 87.5 cm³/mol. The van der Waals surface area contributed by atoms with Crippen molar-refractivity contribution in [3.63, 3.8) is 0 Å². The van der Waals surface area contributed by atoms with E-state index in [0.717, 1.165) is 11.3 Å². The molecule has 0 unspecified atom stereocenters. The van der Waals surface area contributed by atoms with E-state index in [9.17, 15) is 9.59 Å². The van der Waals surface area contributed by atoms with E-state index in [-0.39, 0.29) is 24.9 Å². The van der Waals surface area contributed by atoms with Gasteiger partial charge in [0.1, 0.15) is 5.75 Å². The Morgan fingerprint density at radius 3 is 2.26 bits per heavy atom. The van der Waals surface area contributed by atoms with E-state index in [1.807, 2.05) is 30.3 Å². The van der Waals surface area contributed by atoms with Crippen LogP contribution in [-0.4, -0.2) is 32.6 Å². The van der Waals surface area contributed by atoms with Gasteiger partial charge in [-0.25, -0.2) is 0 Å². The first-order valence-corrected chi connectivity index (χ1v) is 7.20. The molecule has 2 aromatic carbocycles. The standard InChI is InChI=1S/C18H19NO4/c1-19(15-6-4-3-5-7-15)17(20)13-23-16-10-8-14(9-11-16)12-18(21)22-2/h3-11H,12-13H2,1-2H3. The highest BCUT2D eigenvalue weighted by molar-refractivity contribution is 5.93. The Bertz CT molecular complexity index is 652. The van der Waals surface area contributed by atoms with E-state index >= 15 is 0 Å². The summed E-state index contributed by atoms with van der Waals surface area (Å²) < 4.78 is 10.1. The largest absolute Gasteiger partial charge is 0.484 e. The fourth-order valence-corrected chi connectivity index (χ4v) is 1.98. The first-order chi connectivity index (χ1) is 11.1. The molecule has 5 nitrogen and oxygen atoms in total. The number of benzene rings is 2. The summed E-state index contributed by atoms with van der Waals surface area (Å²) in [5.41, 5.74) is 1.64. The van der Waals surface area contributed by atoms with E-state index in [1.165, 1.54) is 7.11 Å². The lowest BCUT2D eigenvalue weighted by atomic mass is 10.1. The van der Waals surface area contributed by atoms with Gasteiger partial charge >= 0.3 is 5.97 Å². The molecule has 0 N–H and O–H groups in total. The number of anilines is 1. The van der Waals surface area contributed by atoms with Gasteiger partial charge in [0.25, 0.3) is 5.91 Å². The molecule has 0 aliphatic heterocycles. The zero-order valence-electron chi connectivity index (χ0n) is 13.2. The fourth-order valence-electron chi connectivity index (χ4n) is 1.98. The van der Waals surface area contributed by atoms with Gasteiger partial charge < -0.3 is 14.4 Å². The van der Waals surface area contributed by atoms with Crippen LogP contribution in [0.15, 0.2) is 54.6 Å². The third-order valence-electron chi connectivity index (χ3n) is 3.38. The Morgan fingerprint density at radius 1 is 1.00 bits per heavy atom. The molecule has 0 aliphatic rings. The maximum absolute atomic E-state index is 12.1. The quantitative estimate of drug-likeness (QED) is 0.769. The van der Waals surface area contributed by atoms with Crippen LogP contribution >= 0.6 is 0 Å². The summed E-state index contributed by atoms with van der Waals surface area (Å²) in [6, 6.07) is 16.4. The number of carbonyl (C=O) groups excluding carboxylic acids is 2. The van der Waals surface area contributed by atoms with Gasteiger partial charge in [0.15, 0.2) is 6.61 Å². The van der Waals surface area contributed by atoms with Crippen LogP contribution in [0.5, 0.6) is 5.75 Å². The third kappa shape index (κ3) is 4.85. The van der Waals surface area contributed by atoms with Crippen LogP contribution in [0.25, 0.3) is 0 Å². The van der Waals surface area contributed by atoms with Gasteiger partial charge in [-0.1, -0.05) is 30.3 Å². The summed E-state index contributed by atoms with van der Waals surface area (Å²) in [5.74, 6) is 0.140. The summed E-state index contributed by atoms with van der Waals surface area (Å²) in [4.78, 5) is 24.8. The molecule has 0 aliphatic carbocycles. The summed E-state index contributed by atoms with van der Waals surface area (Å²) >= 11 is 0. The van der Waals surface area contributed by atoms with Crippen LogP contribution < -0.4 is 9.64 Å². The maximum Gasteiger partial charge on any atom is 0.309 e. The average molecular weight is 313 g/mol. The van der Waals surface area contributed by atoms with Crippen LogP contribution in [0.3, 0.4) is 0 Å². The van der Waals surface area contributed by atoms with Crippen molar-refractivity contribution in [3.8, 4) is 5.75 Å². The van der Waals surface area contributed by atoms with Crippen LogP contribution in [0.2, 0.25) is 0 Å². The molecule has 0 saturated carbocycles. The van der Waals surface area contributed by atoms with Gasteiger partial charge in [0.2, 0.25) is 0 Å². The number of hydrogen-bond acceptors (Lipinski definition) is 4. The van der Waals surface area contributed by atoms with Crippen LogP contribution in [0.4, 0.5) is 5.69 Å². The van der Waals surface area contributed by atoms with Gasteiger partial charge in [-0.05, 0) is 29.8 Å². The zero-order valence-corrected chi connectivity index (χ0v) is 13.2. The average Bonchev–Trinajstić information content (AvgIpc) is 2.60. The SMILES string of the molecule is COC(=O)Cc1ccc(OCC(=O)N(C)c2ccccc2)cc1. The topological polar surface area (TPSA) is 55.8 Å². The molecule has 120 valence electrons. The van der Waals surface area contributed by atoms with E-state index in [2.05, 4.69) is 4.74 Å². The molecule has 2 aromatic rings. The second-order valence-electron chi connectivity index (χ2n) is 4.97. The first-order valence-electron chi connectivity index (χ1n) is 7.20. The maximum atomic E-state index is 12.1. The third-order valence-corrected chi connectivity index (χ3v) is 3.38. The molecule has 0 spiro atoms. The summed E-state index contributed by atoms with van der Waals surface area (Å²) in [6.07, 6.45) is 0.215. The van der Waals surface area contributed by atoms with Crippen molar-refractivity contribution in [2.24, 2.45) is 0 Å². The molecule has 5 heteroatoms. The lowest BCUT2D eigenvalue weighted by molar-refractivity contribution is -0.139. The Kier molecular flexibility index (Phi) is 5.74. The van der Waals surface area contributed by atoms with Crippen molar-refractivity contribution < 1.29 is 19.1 Å². The van der Waals surface area contributed by atoms with Crippen molar-refractivity contribution in [2.45, 2.75) is 6.42 Å². The Hall–Kier alpha value is -2.82. The summed E-state index contributed by atoms with van der Waals surface area (Å²) in [5, 5.41) is 0. The van der Waals surface area contributed by atoms with Crippen molar-refractivity contribution in [2.75, 3.05) is 25.7 Å². The van der Waals surface area contributed by atoms with Crippen LogP contribution in [0.1, 0.15) is 5.56 Å². The first kappa shape index (κ1) is 16.5. The van der Waals surface area contributed by atoms with E-state index in [1.54, 1.807) is 36.2 Å². The lowest BCUT2D eigenvalue weighted by Gasteiger charge is -2.17. The molecule has 0 radical (unpaired) electrons. The van der Waals surface area contributed by atoms with Crippen molar-refractivity contribution in [1.29, 1.82) is 0 Å². The molecular weight excluding hydrogens is 294 g/mol. The molecule has 0 bridgehead atoms. The Labute approximate surface area is 135 Å². The molecule has 0 saturated heterocycles. The van der Waals surface area contributed by atoms with E-state index in [4.69, 9.17) is 4.74 Å². The van der Waals surface area contributed by atoms with Crippen molar-refractivity contribution in [3.05, 3.63) is 60.2 Å². The number of amides is 1. The van der Waals surface area contributed by atoms with Gasteiger partial charge in [-0.3, -0.25) is 9.59 Å². The highest BCUT2D eigenvalue weighted by Crippen LogP contribution is 2.15. The fraction of sp³-hybridized carbons (Fsp3) is 0.222. The smallest absolute Gasteiger partial charge is 0.309 e. The van der Waals surface area contributed by atoms with Gasteiger partial charge in [0.05, 0.1) is 13.5 Å². The summed E-state index contributed by atoms with van der Waals surface area (Å²) in [7, 11) is 3.06. The Morgan fingerprint density at radius 2 is 1.65 bits per heavy atom. The minimum atomic E-state index is -0.293. The minimum absolute atomic E-state index is 0.0538. The molecule has 2 rings (SSSR count). The molecule has 23 heavy (non-hydrogen) atoms. The van der Waals surface area contributed by atoms with E-state index in [0.29, 0.717) is 5.75 Å². The molecule has 0 heterocycles. The molecule has 0 fully saturated rings. The van der Waals surface area contributed by atoms with Crippen LogP contribution in [-0.2, 0) is 20.7 Å². The molecule has 0 atom stereocenters. The van der Waals surface area contributed by atoms with Crippen molar-refractivity contribution in [1.82, 2.24) is 0 Å². The van der Waals surface area contributed by atoms with Gasteiger partial charge in [-0.15, -0.1) is 0 Å². The second-order valence-corrected chi connectivity index (χ2v) is 4.97. The Balaban J connectivity index is 1.88. The number of para-hydroxylation sites is 1. The number of esters is 1. The van der Waals surface area contributed by atoms with Crippen LogP contribution in [0, 0.1) is 0 Å². The second kappa shape index (κ2) is 7.98. The number of methoxy groups -OCH3 is 1. The highest BCUT2D eigenvalue weighted by Gasteiger charge is 2.11. The molecule has 1 amide bonds. The molecule has 0 aromatic heterocycles. The van der Waals surface area contributed by atoms with Gasteiger partial charge in [-0.2, -0.15) is 0 Å². The van der Waals surface area contributed by atoms with Gasteiger partial charge in [0, 0.05) is 12.7 Å². The van der Waals surface area contributed by atoms with Crippen molar-refractivity contribution >= 4 is 17.6 Å².